The summed E-state index contributed by atoms with van der Waals surface area (Å²) < 4.78 is 13.2. The largest absolute Gasteiger partial charge is 0.480 e. The highest BCUT2D eigenvalue weighted by Crippen LogP contribution is 2.12. The quantitative estimate of drug-likeness (QED) is 0.639. The van der Waals surface area contributed by atoms with Gasteiger partial charge in [-0.2, -0.15) is 0 Å². The van der Waals surface area contributed by atoms with E-state index in [4.69, 9.17) is 10.2 Å². The molecule has 1 aromatic carbocycles. The van der Waals surface area contributed by atoms with Crippen LogP contribution in [0.2, 0.25) is 0 Å². The van der Waals surface area contributed by atoms with Crippen LogP contribution in [0.25, 0.3) is 0 Å². The van der Waals surface area contributed by atoms with E-state index in [9.17, 15) is 14.0 Å². The van der Waals surface area contributed by atoms with Crippen molar-refractivity contribution in [1.29, 1.82) is 0 Å². The second kappa shape index (κ2) is 5.97. The third kappa shape index (κ3) is 3.70. The molecular weight excluding hydrogens is 243 g/mol. The van der Waals surface area contributed by atoms with Gasteiger partial charge in [-0.1, -0.05) is 12.1 Å². The van der Waals surface area contributed by atoms with Crippen molar-refractivity contribution in [1.82, 2.24) is 5.32 Å². The summed E-state index contributed by atoms with van der Waals surface area (Å²) in [5.74, 6) is -2.02. The average molecular weight is 256 g/mol. The lowest BCUT2D eigenvalue weighted by Gasteiger charge is -2.17. The van der Waals surface area contributed by atoms with Crippen molar-refractivity contribution in [3.63, 3.8) is 0 Å². The summed E-state index contributed by atoms with van der Waals surface area (Å²) in [7, 11) is 0. The minimum atomic E-state index is -1.46. The summed E-state index contributed by atoms with van der Waals surface area (Å²) in [5.41, 5.74) is -0.0790. The van der Waals surface area contributed by atoms with Crippen molar-refractivity contribution < 1.29 is 24.2 Å². The van der Waals surface area contributed by atoms with E-state index in [-0.39, 0.29) is 5.69 Å². The third-order valence-corrected chi connectivity index (χ3v) is 2.16. The number of anilines is 1. The number of benzene rings is 1. The molecule has 1 aromatic rings. The number of para-hydroxylation sites is 1. The molecule has 0 aromatic heterocycles. The van der Waals surface area contributed by atoms with Crippen molar-refractivity contribution in [2.45, 2.75) is 19.1 Å². The van der Waals surface area contributed by atoms with Crippen LogP contribution in [0.15, 0.2) is 24.3 Å². The number of amides is 2. The molecule has 98 valence electrons. The molecule has 0 aliphatic heterocycles. The molecule has 4 N–H and O–H groups in total. The molecule has 0 heterocycles. The van der Waals surface area contributed by atoms with Gasteiger partial charge in [0.1, 0.15) is 5.82 Å². The minimum absolute atomic E-state index is 0.0790. The second-order valence-corrected chi connectivity index (χ2v) is 3.63. The van der Waals surface area contributed by atoms with Crippen molar-refractivity contribution in [2.24, 2.45) is 0 Å². The van der Waals surface area contributed by atoms with Crippen LogP contribution in [0, 0.1) is 5.82 Å². The fourth-order valence-electron chi connectivity index (χ4n) is 1.25. The zero-order chi connectivity index (χ0) is 13.7. The van der Waals surface area contributed by atoms with E-state index in [1.54, 1.807) is 0 Å². The van der Waals surface area contributed by atoms with Gasteiger partial charge in [0.05, 0.1) is 11.8 Å². The zero-order valence-corrected chi connectivity index (χ0v) is 9.55. The Hall–Kier alpha value is -2.15. The molecule has 0 unspecified atom stereocenters. The molecule has 7 heteroatoms. The van der Waals surface area contributed by atoms with Crippen LogP contribution in [0.4, 0.5) is 14.9 Å². The molecule has 2 amide bonds. The lowest BCUT2D eigenvalue weighted by molar-refractivity contribution is -0.141. The number of aliphatic hydroxyl groups excluding tert-OH is 1. The van der Waals surface area contributed by atoms with E-state index in [2.05, 4.69) is 5.32 Å². The normalized spacial score (nSPS) is 13.5. The van der Waals surface area contributed by atoms with Gasteiger partial charge in [0.15, 0.2) is 6.04 Å². The SMILES string of the molecule is C[C@@H](O)[C@H](NC(=O)Nc1ccccc1F)C(=O)O. The van der Waals surface area contributed by atoms with Crippen LogP contribution in [-0.4, -0.2) is 34.4 Å². The maximum absolute atomic E-state index is 13.2. The molecule has 0 saturated carbocycles. The molecule has 0 aliphatic carbocycles. The standard InChI is InChI=1S/C11H13FN2O4/c1-6(15)9(10(16)17)14-11(18)13-8-5-3-2-4-7(8)12/h2-6,9,15H,1H3,(H,16,17)(H2,13,14,18)/t6-,9+/m1/s1. The molecule has 18 heavy (non-hydrogen) atoms. The van der Waals surface area contributed by atoms with E-state index in [0.717, 1.165) is 6.07 Å². The molecule has 0 fully saturated rings. The second-order valence-electron chi connectivity index (χ2n) is 3.63. The van der Waals surface area contributed by atoms with Gasteiger partial charge in [0.25, 0.3) is 0 Å². The zero-order valence-electron chi connectivity index (χ0n) is 9.55. The number of hydrogen-bond acceptors (Lipinski definition) is 3. The van der Waals surface area contributed by atoms with E-state index in [0.29, 0.717) is 0 Å². The summed E-state index contributed by atoms with van der Waals surface area (Å²) in [5, 5.41) is 22.1. The number of nitrogens with one attached hydrogen (secondary N) is 2. The van der Waals surface area contributed by atoms with Crippen LogP contribution in [-0.2, 0) is 4.79 Å². The minimum Gasteiger partial charge on any atom is -0.480 e. The van der Waals surface area contributed by atoms with Crippen LogP contribution in [0.5, 0.6) is 0 Å². The predicted octanol–water partition coefficient (Wildman–Crippen LogP) is 0.781. The highest BCUT2D eigenvalue weighted by atomic mass is 19.1. The van der Waals surface area contributed by atoms with Crippen molar-refractivity contribution in [3.05, 3.63) is 30.1 Å². The van der Waals surface area contributed by atoms with Crippen molar-refractivity contribution in [2.75, 3.05) is 5.32 Å². The van der Waals surface area contributed by atoms with E-state index < -0.39 is 30.0 Å². The molecule has 0 bridgehead atoms. The fourth-order valence-corrected chi connectivity index (χ4v) is 1.25. The van der Waals surface area contributed by atoms with Crippen LogP contribution in [0.1, 0.15) is 6.92 Å². The topological polar surface area (TPSA) is 98.7 Å². The van der Waals surface area contributed by atoms with Crippen molar-refractivity contribution in [3.8, 4) is 0 Å². The van der Waals surface area contributed by atoms with E-state index >= 15 is 0 Å². The van der Waals surface area contributed by atoms with E-state index in [1.165, 1.54) is 25.1 Å². The number of carboxylic acid groups (broad SMARTS) is 1. The first-order valence-electron chi connectivity index (χ1n) is 5.14. The highest BCUT2D eigenvalue weighted by Gasteiger charge is 2.25. The third-order valence-electron chi connectivity index (χ3n) is 2.16. The number of hydrogen-bond donors (Lipinski definition) is 4. The van der Waals surface area contributed by atoms with Crippen LogP contribution >= 0.6 is 0 Å². The summed E-state index contributed by atoms with van der Waals surface area (Å²) in [6.07, 6.45) is -1.27. The van der Waals surface area contributed by atoms with Crippen molar-refractivity contribution >= 4 is 17.7 Å². The number of carboxylic acids is 1. The Labute approximate surface area is 102 Å². The van der Waals surface area contributed by atoms with Gasteiger partial charge >= 0.3 is 12.0 Å². The Bertz CT molecular complexity index is 450. The summed E-state index contributed by atoms with van der Waals surface area (Å²) in [4.78, 5) is 22.1. The van der Waals surface area contributed by atoms with Gasteiger partial charge in [-0.3, -0.25) is 0 Å². The van der Waals surface area contributed by atoms with Gasteiger partial charge < -0.3 is 20.8 Å². The van der Waals surface area contributed by atoms with Gasteiger partial charge in [-0.15, -0.1) is 0 Å². The number of aliphatic carboxylic acids is 1. The predicted molar refractivity (Wildman–Crippen MR) is 61.7 cm³/mol. The maximum Gasteiger partial charge on any atom is 0.328 e. The Morgan fingerprint density at radius 1 is 1.33 bits per heavy atom. The Kier molecular flexibility index (Phi) is 4.61. The first-order chi connectivity index (χ1) is 8.41. The first-order valence-corrected chi connectivity index (χ1v) is 5.14. The monoisotopic (exact) mass is 256 g/mol. The van der Waals surface area contributed by atoms with Gasteiger partial charge in [0, 0.05) is 0 Å². The summed E-state index contributed by atoms with van der Waals surface area (Å²) >= 11 is 0. The molecular formula is C11H13FN2O4. The number of carbonyl (C=O) groups excluding carboxylic acids is 1. The fraction of sp³-hybridized carbons (Fsp3) is 0.273. The summed E-state index contributed by atoms with van der Waals surface area (Å²) in [6, 6.07) is 3.08. The molecule has 0 saturated heterocycles. The molecule has 6 nitrogen and oxygen atoms in total. The number of halogens is 1. The van der Waals surface area contributed by atoms with Crippen LogP contribution < -0.4 is 10.6 Å². The lowest BCUT2D eigenvalue weighted by Crippen LogP contribution is -2.49. The number of carbonyl (C=O) groups is 2. The van der Waals surface area contributed by atoms with Gasteiger partial charge in [0.2, 0.25) is 0 Å². The molecule has 2 atom stereocenters. The number of aliphatic hydroxyl groups is 1. The molecule has 0 spiro atoms. The van der Waals surface area contributed by atoms with Gasteiger partial charge in [-0.05, 0) is 19.1 Å². The first kappa shape index (κ1) is 13.9. The molecule has 0 radical (unpaired) electrons. The number of rotatable bonds is 4. The Morgan fingerprint density at radius 3 is 2.44 bits per heavy atom. The number of urea groups is 1. The Balaban J connectivity index is 2.67. The highest BCUT2D eigenvalue weighted by molar-refractivity contribution is 5.92. The smallest absolute Gasteiger partial charge is 0.328 e. The average Bonchev–Trinajstić information content (AvgIpc) is 2.28. The summed E-state index contributed by atoms with van der Waals surface area (Å²) in [6.45, 7) is 1.22. The molecule has 1 rings (SSSR count). The lowest BCUT2D eigenvalue weighted by atomic mass is 10.2. The van der Waals surface area contributed by atoms with Gasteiger partial charge in [-0.25, -0.2) is 14.0 Å². The Morgan fingerprint density at radius 2 is 1.94 bits per heavy atom. The van der Waals surface area contributed by atoms with E-state index in [1.807, 2.05) is 5.32 Å². The van der Waals surface area contributed by atoms with Crippen LogP contribution in [0.3, 0.4) is 0 Å². The molecule has 0 aliphatic rings. The maximum atomic E-state index is 13.2.